The Kier molecular flexibility index (Phi) is 5.20. The first kappa shape index (κ1) is 19.3. The monoisotopic (exact) mass is 411 g/mol. The minimum atomic E-state index is -1.08. The molecule has 1 amide bonds. The number of para-hydroxylation sites is 1. The van der Waals surface area contributed by atoms with Crippen molar-refractivity contribution in [2.45, 2.75) is 19.4 Å². The second-order valence-electron chi connectivity index (χ2n) is 7.37. The second-order valence-corrected chi connectivity index (χ2v) is 7.80. The number of nitrogens with one attached hydrogen (secondary N) is 1. The summed E-state index contributed by atoms with van der Waals surface area (Å²) in [6.45, 7) is 4.10. The van der Waals surface area contributed by atoms with Crippen LogP contribution >= 0.6 is 11.6 Å². The van der Waals surface area contributed by atoms with Crippen molar-refractivity contribution in [1.82, 2.24) is 9.88 Å². The number of halogens is 1. The van der Waals surface area contributed by atoms with Crippen LogP contribution in [0, 0.1) is 0 Å². The Labute approximate surface area is 173 Å². The number of aromatic amines is 1. The van der Waals surface area contributed by atoms with Gasteiger partial charge in [-0.15, -0.1) is 0 Å². The third kappa shape index (κ3) is 3.80. The van der Waals surface area contributed by atoms with Gasteiger partial charge in [-0.2, -0.15) is 0 Å². The summed E-state index contributed by atoms with van der Waals surface area (Å²) < 4.78 is 0. The van der Waals surface area contributed by atoms with Crippen LogP contribution in [0.1, 0.15) is 23.0 Å². The molecule has 2 aromatic carbocycles. The van der Waals surface area contributed by atoms with Crippen LogP contribution in [0.25, 0.3) is 10.9 Å². The number of rotatable bonds is 4. The lowest BCUT2D eigenvalue weighted by molar-refractivity contribution is -0.132. The number of amides is 1. The van der Waals surface area contributed by atoms with E-state index in [1.807, 2.05) is 30.0 Å². The maximum absolute atomic E-state index is 13.1. The first-order valence-corrected chi connectivity index (χ1v) is 9.94. The molecule has 3 aromatic rings. The number of carbonyl (C=O) groups excluding carboxylic acids is 1. The third-order valence-corrected chi connectivity index (χ3v) is 5.71. The van der Waals surface area contributed by atoms with Crippen LogP contribution in [0.2, 0.25) is 5.02 Å². The summed E-state index contributed by atoms with van der Waals surface area (Å²) in [6, 6.07) is 15.3. The Morgan fingerprint density at radius 3 is 2.62 bits per heavy atom. The molecule has 1 aromatic heterocycles. The zero-order valence-corrected chi connectivity index (χ0v) is 16.8. The Morgan fingerprint density at radius 1 is 1.17 bits per heavy atom. The fourth-order valence-electron chi connectivity index (χ4n) is 4.04. The number of carboxylic acid groups (broad SMARTS) is 1. The summed E-state index contributed by atoms with van der Waals surface area (Å²) in [5.74, 6) is -1.16. The van der Waals surface area contributed by atoms with Gasteiger partial charge in [-0.05, 0) is 37.3 Å². The molecule has 2 N–H and O–H groups in total. The SMILES string of the molecule is C[C@@H]1CN(c2ccccc2)CCN1C(=O)Cc1c(C(=O)O)[nH]c2ccc(Cl)cc12. The maximum atomic E-state index is 13.1. The number of carbonyl (C=O) groups is 2. The van der Waals surface area contributed by atoms with Crippen molar-refractivity contribution in [3.63, 3.8) is 0 Å². The summed E-state index contributed by atoms with van der Waals surface area (Å²) in [6.07, 6.45) is 0.0254. The van der Waals surface area contributed by atoms with Crippen LogP contribution in [0.4, 0.5) is 5.69 Å². The first-order valence-electron chi connectivity index (χ1n) is 9.57. The molecule has 29 heavy (non-hydrogen) atoms. The third-order valence-electron chi connectivity index (χ3n) is 5.48. The Hall–Kier alpha value is -2.99. The molecule has 150 valence electrons. The number of aromatic carboxylic acids is 1. The average Bonchev–Trinajstić information content (AvgIpc) is 3.06. The molecule has 2 heterocycles. The molecule has 7 heteroatoms. The van der Waals surface area contributed by atoms with Gasteiger partial charge in [0.15, 0.2) is 0 Å². The molecule has 1 fully saturated rings. The summed E-state index contributed by atoms with van der Waals surface area (Å²) in [4.78, 5) is 31.8. The van der Waals surface area contributed by atoms with Crippen molar-refractivity contribution in [3.8, 4) is 0 Å². The number of piperazine rings is 1. The minimum absolute atomic E-state index is 0.0254. The van der Waals surface area contributed by atoms with Crippen LogP contribution in [0.15, 0.2) is 48.5 Å². The fourth-order valence-corrected chi connectivity index (χ4v) is 4.21. The van der Waals surface area contributed by atoms with Crippen molar-refractivity contribution in [2.24, 2.45) is 0 Å². The van der Waals surface area contributed by atoms with E-state index in [1.54, 1.807) is 18.2 Å². The molecule has 0 spiro atoms. The predicted octanol–water partition coefficient (Wildman–Crippen LogP) is 3.80. The minimum Gasteiger partial charge on any atom is -0.477 e. The van der Waals surface area contributed by atoms with Crippen molar-refractivity contribution in [2.75, 3.05) is 24.5 Å². The van der Waals surface area contributed by atoms with Crippen molar-refractivity contribution in [3.05, 3.63) is 64.8 Å². The van der Waals surface area contributed by atoms with E-state index in [1.165, 1.54) is 0 Å². The van der Waals surface area contributed by atoms with E-state index < -0.39 is 5.97 Å². The largest absolute Gasteiger partial charge is 0.477 e. The lowest BCUT2D eigenvalue weighted by atomic mass is 10.0. The first-order chi connectivity index (χ1) is 13.9. The predicted molar refractivity (Wildman–Crippen MR) is 114 cm³/mol. The summed E-state index contributed by atoms with van der Waals surface area (Å²) in [5, 5.41) is 10.8. The molecular weight excluding hydrogens is 390 g/mol. The van der Waals surface area contributed by atoms with E-state index >= 15 is 0 Å². The lowest BCUT2D eigenvalue weighted by Gasteiger charge is -2.41. The molecule has 0 saturated carbocycles. The number of aromatic nitrogens is 1. The molecule has 0 aliphatic carbocycles. The maximum Gasteiger partial charge on any atom is 0.352 e. The Balaban J connectivity index is 1.55. The van der Waals surface area contributed by atoms with Crippen LogP contribution in [-0.4, -0.2) is 52.5 Å². The number of hydrogen-bond donors (Lipinski definition) is 2. The zero-order valence-electron chi connectivity index (χ0n) is 16.1. The molecule has 0 unspecified atom stereocenters. The van der Waals surface area contributed by atoms with Crippen LogP contribution < -0.4 is 4.90 Å². The topological polar surface area (TPSA) is 76.6 Å². The van der Waals surface area contributed by atoms with E-state index in [0.29, 0.717) is 28.0 Å². The average molecular weight is 412 g/mol. The number of hydrogen-bond acceptors (Lipinski definition) is 3. The summed E-state index contributed by atoms with van der Waals surface area (Å²) >= 11 is 6.10. The Morgan fingerprint density at radius 2 is 1.93 bits per heavy atom. The zero-order chi connectivity index (χ0) is 20.5. The number of carboxylic acids is 1. The highest BCUT2D eigenvalue weighted by atomic mass is 35.5. The Bertz CT molecular complexity index is 1060. The van der Waals surface area contributed by atoms with Gasteiger partial charge in [0.05, 0.1) is 6.42 Å². The number of fused-ring (bicyclic) bond motifs is 1. The molecule has 1 saturated heterocycles. The van der Waals surface area contributed by atoms with Crippen LogP contribution in [-0.2, 0) is 11.2 Å². The van der Waals surface area contributed by atoms with Gasteiger partial charge in [0.2, 0.25) is 5.91 Å². The van der Waals surface area contributed by atoms with Crippen LogP contribution in [0.3, 0.4) is 0 Å². The highest BCUT2D eigenvalue weighted by Crippen LogP contribution is 2.27. The van der Waals surface area contributed by atoms with E-state index in [-0.39, 0.29) is 24.1 Å². The molecular formula is C22H22ClN3O3. The highest BCUT2D eigenvalue weighted by molar-refractivity contribution is 6.31. The smallest absolute Gasteiger partial charge is 0.352 e. The molecule has 1 aliphatic heterocycles. The number of benzene rings is 2. The normalized spacial score (nSPS) is 17.0. The van der Waals surface area contributed by atoms with Gasteiger partial charge in [0.1, 0.15) is 5.69 Å². The van der Waals surface area contributed by atoms with Gasteiger partial charge in [-0.3, -0.25) is 4.79 Å². The van der Waals surface area contributed by atoms with Gasteiger partial charge < -0.3 is 19.9 Å². The van der Waals surface area contributed by atoms with Crippen molar-refractivity contribution < 1.29 is 14.7 Å². The van der Waals surface area contributed by atoms with Crippen LogP contribution in [0.5, 0.6) is 0 Å². The standard InChI is InChI=1S/C22H22ClN3O3/c1-14-13-25(16-5-3-2-4-6-16)9-10-26(14)20(27)12-18-17-11-15(23)7-8-19(17)24-21(18)22(28)29/h2-8,11,14,24H,9-10,12-13H2,1H3,(H,28,29)/t14-/m1/s1. The van der Waals surface area contributed by atoms with E-state index in [0.717, 1.165) is 18.8 Å². The lowest BCUT2D eigenvalue weighted by Crippen LogP contribution is -2.54. The van der Waals surface area contributed by atoms with Crippen molar-refractivity contribution in [1.29, 1.82) is 0 Å². The molecule has 0 bridgehead atoms. The van der Waals surface area contributed by atoms with E-state index in [4.69, 9.17) is 11.6 Å². The number of H-pyrrole nitrogens is 1. The quantitative estimate of drug-likeness (QED) is 0.684. The second kappa shape index (κ2) is 7.79. The van der Waals surface area contributed by atoms with Gasteiger partial charge >= 0.3 is 5.97 Å². The van der Waals surface area contributed by atoms with Gasteiger partial charge in [-0.25, -0.2) is 4.79 Å². The fraction of sp³-hybridized carbons (Fsp3) is 0.273. The summed E-state index contributed by atoms with van der Waals surface area (Å²) in [5.41, 5.74) is 2.34. The molecule has 0 radical (unpaired) electrons. The highest BCUT2D eigenvalue weighted by Gasteiger charge is 2.29. The molecule has 1 aliphatic rings. The molecule has 1 atom stereocenters. The number of nitrogens with zero attached hydrogens (tertiary/aromatic N) is 2. The van der Waals surface area contributed by atoms with E-state index in [2.05, 4.69) is 22.0 Å². The van der Waals surface area contributed by atoms with Gasteiger partial charge in [-0.1, -0.05) is 29.8 Å². The summed E-state index contributed by atoms with van der Waals surface area (Å²) in [7, 11) is 0. The molecule has 6 nitrogen and oxygen atoms in total. The van der Waals surface area contributed by atoms with Gasteiger partial charge in [0.25, 0.3) is 0 Å². The van der Waals surface area contributed by atoms with E-state index in [9.17, 15) is 14.7 Å². The molecule has 4 rings (SSSR count). The van der Waals surface area contributed by atoms with Gasteiger partial charge in [0, 0.05) is 52.9 Å². The number of anilines is 1. The van der Waals surface area contributed by atoms with Crippen molar-refractivity contribution >= 4 is 40.1 Å².